The van der Waals surface area contributed by atoms with Crippen molar-refractivity contribution in [2.75, 3.05) is 6.54 Å². The number of aliphatic hydroxyl groups is 2. The van der Waals surface area contributed by atoms with Crippen LogP contribution in [-0.4, -0.2) is 28.0 Å². The van der Waals surface area contributed by atoms with Crippen molar-refractivity contribution in [1.29, 1.82) is 0 Å². The maximum atomic E-state index is 9.83. The van der Waals surface area contributed by atoms with E-state index in [1.54, 1.807) is 26.0 Å². The summed E-state index contributed by atoms with van der Waals surface area (Å²) in [5, 5.41) is 28.6. The molecule has 0 radical (unpaired) electrons. The first-order valence-corrected chi connectivity index (χ1v) is 4.83. The maximum absolute atomic E-state index is 9.83. The predicted octanol–water partition coefficient (Wildman–Crippen LogP) is 0.362. The van der Waals surface area contributed by atoms with Gasteiger partial charge in [0.15, 0.2) is 0 Å². The van der Waals surface area contributed by atoms with Crippen molar-refractivity contribution < 1.29 is 15.3 Å². The highest BCUT2D eigenvalue weighted by molar-refractivity contribution is 5.42. The highest BCUT2D eigenvalue weighted by Crippen LogP contribution is 2.27. The van der Waals surface area contributed by atoms with Crippen LogP contribution in [0.4, 0.5) is 0 Å². The second-order valence-electron chi connectivity index (χ2n) is 3.74. The van der Waals surface area contributed by atoms with Gasteiger partial charge in [-0.25, -0.2) is 0 Å². The summed E-state index contributed by atoms with van der Waals surface area (Å²) in [5.74, 6) is 0.156. The molecule has 4 heteroatoms. The van der Waals surface area contributed by atoms with Gasteiger partial charge in [-0.1, -0.05) is 0 Å². The highest BCUT2D eigenvalue weighted by atomic mass is 16.3. The first kappa shape index (κ1) is 12.0. The van der Waals surface area contributed by atoms with E-state index in [1.165, 1.54) is 0 Å². The van der Waals surface area contributed by atoms with Gasteiger partial charge in [-0.3, -0.25) is 0 Å². The minimum Gasteiger partial charge on any atom is -0.508 e. The molecular formula is C11H17NO3. The summed E-state index contributed by atoms with van der Waals surface area (Å²) in [7, 11) is 0. The van der Waals surface area contributed by atoms with E-state index in [-0.39, 0.29) is 12.3 Å². The lowest BCUT2D eigenvalue weighted by molar-refractivity contribution is 0.0235. The summed E-state index contributed by atoms with van der Waals surface area (Å²) in [6, 6.07) is 3.10. The average Bonchev–Trinajstić information content (AvgIpc) is 2.14. The van der Waals surface area contributed by atoms with E-state index in [1.807, 2.05) is 0 Å². The highest BCUT2D eigenvalue weighted by Gasteiger charge is 2.20. The number of hydrogen-bond donors (Lipinski definition) is 4. The molecule has 0 aromatic heterocycles. The molecule has 0 heterocycles. The first-order chi connectivity index (χ1) is 6.97. The normalized spacial score (nSPS) is 15.0. The fourth-order valence-corrected chi connectivity index (χ4v) is 1.74. The zero-order valence-corrected chi connectivity index (χ0v) is 8.94. The van der Waals surface area contributed by atoms with Crippen molar-refractivity contribution in [3.8, 4) is 5.75 Å². The third-order valence-corrected chi connectivity index (χ3v) is 2.48. The minimum absolute atomic E-state index is 0.000916. The molecule has 1 aromatic rings. The van der Waals surface area contributed by atoms with Crippen LogP contribution in [0.2, 0.25) is 0 Å². The van der Waals surface area contributed by atoms with E-state index in [0.29, 0.717) is 5.56 Å². The van der Waals surface area contributed by atoms with Gasteiger partial charge in [-0.05, 0) is 42.7 Å². The first-order valence-electron chi connectivity index (χ1n) is 4.83. The molecule has 0 aliphatic heterocycles. The van der Waals surface area contributed by atoms with Crippen molar-refractivity contribution in [2.45, 2.75) is 26.1 Å². The molecule has 0 spiro atoms. The van der Waals surface area contributed by atoms with Crippen molar-refractivity contribution in [1.82, 2.24) is 0 Å². The van der Waals surface area contributed by atoms with Crippen molar-refractivity contribution >= 4 is 0 Å². The summed E-state index contributed by atoms with van der Waals surface area (Å²) in [5.41, 5.74) is 7.40. The van der Waals surface area contributed by atoms with Gasteiger partial charge in [-0.2, -0.15) is 0 Å². The fourth-order valence-electron chi connectivity index (χ4n) is 1.74. The Kier molecular flexibility index (Phi) is 3.68. The summed E-state index contributed by atoms with van der Waals surface area (Å²) >= 11 is 0. The summed E-state index contributed by atoms with van der Waals surface area (Å²) in [6.45, 7) is 3.55. The Morgan fingerprint density at radius 3 is 2.07 bits per heavy atom. The predicted molar refractivity (Wildman–Crippen MR) is 57.6 cm³/mol. The lowest BCUT2D eigenvalue weighted by atomic mass is 9.94. The number of aryl methyl sites for hydroxylation is 2. The van der Waals surface area contributed by atoms with Crippen molar-refractivity contribution in [3.05, 3.63) is 28.8 Å². The zero-order chi connectivity index (χ0) is 11.6. The SMILES string of the molecule is Cc1cc(O)cc(C)c1C(O)C(O)CN. The van der Waals surface area contributed by atoms with Gasteiger partial charge in [0, 0.05) is 6.54 Å². The van der Waals surface area contributed by atoms with Gasteiger partial charge < -0.3 is 21.1 Å². The van der Waals surface area contributed by atoms with Crippen LogP contribution in [0.3, 0.4) is 0 Å². The molecule has 2 atom stereocenters. The lowest BCUT2D eigenvalue weighted by Gasteiger charge is -2.20. The van der Waals surface area contributed by atoms with Crippen molar-refractivity contribution in [2.24, 2.45) is 5.73 Å². The molecule has 5 N–H and O–H groups in total. The van der Waals surface area contributed by atoms with Gasteiger partial charge in [0.1, 0.15) is 11.9 Å². The molecule has 4 nitrogen and oxygen atoms in total. The van der Waals surface area contributed by atoms with E-state index in [9.17, 15) is 15.3 Å². The Morgan fingerprint density at radius 2 is 1.67 bits per heavy atom. The molecule has 0 saturated heterocycles. The molecule has 1 rings (SSSR count). The molecule has 2 unspecified atom stereocenters. The van der Waals surface area contributed by atoms with Gasteiger partial charge in [0.05, 0.1) is 6.10 Å². The Balaban J connectivity index is 3.13. The number of rotatable bonds is 3. The zero-order valence-electron chi connectivity index (χ0n) is 8.94. The molecule has 0 bridgehead atoms. The summed E-state index contributed by atoms with van der Waals surface area (Å²) < 4.78 is 0. The van der Waals surface area contributed by atoms with Crippen LogP contribution in [-0.2, 0) is 0 Å². The number of phenolic OH excluding ortho intramolecular Hbond substituents is 1. The van der Waals surface area contributed by atoms with Crippen LogP contribution in [0.15, 0.2) is 12.1 Å². The van der Waals surface area contributed by atoms with E-state index in [0.717, 1.165) is 11.1 Å². The Hall–Kier alpha value is -1.10. The Labute approximate surface area is 89.0 Å². The van der Waals surface area contributed by atoms with Crippen LogP contribution < -0.4 is 5.73 Å². The molecule has 0 amide bonds. The van der Waals surface area contributed by atoms with E-state index >= 15 is 0 Å². The van der Waals surface area contributed by atoms with Crippen LogP contribution in [0.5, 0.6) is 5.75 Å². The third-order valence-electron chi connectivity index (χ3n) is 2.48. The van der Waals surface area contributed by atoms with Gasteiger partial charge in [-0.15, -0.1) is 0 Å². The fraction of sp³-hybridized carbons (Fsp3) is 0.455. The van der Waals surface area contributed by atoms with Crippen LogP contribution in [0.25, 0.3) is 0 Å². The Bertz CT molecular complexity index is 329. The van der Waals surface area contributed by atoms with E-state index in [4.69, 9.17) is 5.73 Å². The van der Waals surface area contributed by atoms with Crippen molar-refractivity contribution in [3.63, 3.8) is 0 Å². The molecule has 0 aliphatic carbocycles. The second-order valence-corrected chi connectivity index (χ2v) is 3.74. The third kappa shape index (κ3) is 2.47. The monoisotopic (exact) mass is 211 g/mol. The Morgan fingerprint density at radius 1 is 1.20 bits per heavy atom. The van der Waals surface area contributed by atoms with E-state index < -0.39 is 12.2 Å². The lowest BCUT2D eigenvalue weighted by Crippen LogP contribution is -2.28. The van der Waals surface area contributed by atoms with Gasteiger partial charge in [0.25, 0.3) is 0 Å². The molecule has 84 valence electrons. The van der Waals surface area contributed by atoms with Crippen LogP contribution >= 0.6 is 0 Å². The number of nitrogens with two attached hydrogens (primary N) is 1. The number of aromatic hydroxyl groups is 1. The smallest absolute Gasteiger partial charge is 0.116 e. The van der Waals surface area contributed by atoms with Crippen LogP contribution in [0, 0.1) is 13.8 Å². The number of hydrogen-bond acceptors (Lipinski definition) is 4. The molecule has 0 fully saturated rings. The minimum atomic E-state index is -1.00. The van der Waals surface area contributed by atoms with E-state index in [2.05, 4.69) is 0 Å². The number of aliphatic hydroxyl groups excluding tert-OH is 2. The van der Waals surface area contributed by atoms with Gasteiger partial charge >= 0.3 is 0 Å². The maximum Gasteiger partial charge on any atom is 0.116 e. The molecule has 15 heavy (non-hydrogen) atoms. The number of phenols is 1. The molecule has 0 aliphatic rings. The quantitative estimate of drug-likeness (QED) is 0.581. The van der Waals surface area contributed by atoms with Gasteiger partial charge in [0.2, 0.25) is 0 Å². The van der Waals surface area contributed by atoms with Crippen LogP contribution in [0.1, 0.15) is 22.8 Å². The summed E-state index contributed by atoms with van der Waals surface area (Å²) in [4.78, 5) is 0. The number of benzene rings is 1. The molecular weight excluding hydrogens is 194 g/mol. The topological polar surface area (TPSA) is 86.7 Å². The standard InChI is InChI=1S/C11H17NO3/c1-6-3-8(13)4-7(2)10(6)11(15)9(14)5-12/h3-4,9,11,13-15H,5,12H2,1-2H3. The largest absolute Gasteiger partial charge is 0.508 e. The average molecular weight is 211 g/mol. The summed E-state index contributed by atoms with van der Waals surface area (Å²) in [6.07, 6.45) is -1.98. The second kappa shape index (κ2) is 4.61. The molecule has 0 saturated carbocycles. The molecule has 1 aromatic carbocycles.